The van der Waals surface area contributed by atoms with Gasteiger partial charge in [-0.15, -0.1) is 0 Å². The van der Waals surface area contributed by atoms with Gasteiger partial charge in [-0.3, -0.25) is 4.79 Å². The van der Waals surface area contributed by atoms with Gasteiger partial charge < -0.3 is 10.1 Å². The summed E-state index contributed by atoms with van der Waals surface area (Å²) >= 11 is 0. The number of ether oxygens (including phenoxy) is 1. The maximum atomic E-state index is 11.1. The van der Waals surface area contributed by atoms with E-state index in [1.54, 1.807) is 14.0 Å². The Morgan fingerprint density at radius 1 is 1.25 bits per heavy atom. The van der Waals surface area contributed by atoms with E-state index in [1.807, 2.05) is 24.3 Å². The first kappa shape index (κ1) is 12.6. The van der Waals surface area contributed by atoms with E-state index in [0.717, 1.165) is 11.3 Å². The molecule has 0 aliphatic rings. The van der Waals surface area contributed by atoms with Crippen molar-refractivity contribution < 1.29 is 9.53 Å². The van der Waals surface area contributed by atoms with Gasteiger partial charge in [-0.25, -0.2) is 0 Å². The van der Waals surface area contributed by atoms with Gasteiger partial charge in [0, 0.05) is 6.92 Å². The maximum Gasteiger partial charge on any atom is 0.217 e. The third-order valence-electron chi connectivity index (χ3n) is 2.50. The molecule has 0 aromatic heterocycles. The highest BCUT2D eigenvalue weighted by molar-refractivity contribution is 5.73. The fourth-order valence-corrected chi connectivity index (χ4v) is 1.67. The van der Waals surface area contributed by atoms with E-state index in [-0.39, 0.29) is 11.9 Å². The molecule has 16 heavy (non-hydrogen) atoms. The average molecular weight is 221 g/mol. The van der Waals surface area contributed by atoms with Gasteiger partial charge in [0.1, 0.15) is 5.75 Å². The molecule has 1 amide bonds. The lowest BCUT2D eigenvalue weighted by atomic mass is 9.96. The summed E-state index contributed by atoms with van der Waals surface area (Å²) < 4.78 is 5.10. The van der Waals surface area contributed by atoms with Crippen molar-refractivity contribution in [2.24, 2.45) is 5.92 Å². The summed E-state index contributed by atoms with van der Waals surface area (Å²) in [4.78, 5) is 11.1. The Hall–Kier alpha value is -1.51. The fraction of sp³-hybridized carbons (Fsp3) is 0.462. The van der Waals surface area contributed by atoms with Crippen molar-refractivity contribution in [3.05, 3.63) is 29.8 Å². The summed E-state index contributed by atoms with van der Waals surface area (Å²) in [7, 11) is 1.64. The van der Waals surface area contributed by atoms with Crippen molar-refractivity contribution in [3.8, 4) is 5.75 Å². The van der Waals surface area contributed by atoms with E-state index in [2.05, 4.69) is 19.2 Å². The molecule has 0 saturated carbocycles. The molecule has 1 N–H and O–H groups in total. The number of rotatable bonds is 4. The lowest BCUT2D eigenvalue weighted by molar-refractivity contribution is -0.120. The number of hydrogen-bond donors (Lipinski definition) is 1. The predicted octanol–water partition coefficient (Wildman–Crippen LogP) is 2.53. The van der Waals surface area contributed by atoms with Crippen LogP contribution in [-0.4, -0.2) is 13.0 Å². The van der Waals surface area contributed by atoms with Crippen molar-refractivity contribution in [2.75, 3.05) is 7.11 Å². The maximum absolute atomic E-state index is 11.1. The minimum atomic E-state index is -0.00508. The number of methoxy groups -OCH3 is 1. The molecule has 0 radical (unpaired) electrons. The minimum Gasteiger partial charge on any atom is -0.497 e. The highest BCUT2D eigenvalue weighted by atomic mass is 16.5. The van der Waals surface area contributed by atoms with Crippen molar-refractivity contribution in [2.45, 2.75) is 26.8 Å². The molecule has 0 heterocycles. The number of carbonyl (C=O) groups excluding carboxylic acids is 1. The average Bonchev–Trinajstić information content (AvgIpc) is 2.25. The van der Waals surface area contributed by atoms with E-state index in [4.69, 9.17) is 4.74 Å². The molecule has 0 saturated heterocycles. The van der Waals surface area contributed by atoms with E-state index in [1.165, 1.54) is 0 Å². The van der Waals surface area contributed by atoms with Gasteiger partial charge in [-0.05, 0) is 23.6 Å². The zero-order chi connectivity index (χ0) is 12.1. The van der Waals surface area contributed by atoms with Crippen LogP contribution < -0.4 is 10.1 Å². The Labute approximate surface area is 96.8 Å². The van der Waals surface area contributed by atoms with Gasteiger partial charge >= 0.3 is 0 Å². The molecular weight excluding hydrogens is 202 g/mol. The van der Waals surface area contributed by atoms with Crippen LogP contribution in [0, 0.1) is 5.92 Å². The van der Waals surface area contributed by atoms with Crippen molar-refractivity contribution in [1.29, 1.82) is 0 Å². The predicted molar refractivity (Wildman–Crippen MR) is 64.4 cm³/mol. The number of amides is 1. The molecule has 0 aliphatic heterocycles. The summed E-state index contributed by atoms with van der Waals surface area (Å²) in [6.45, 7) is 5.72. The highest BCUT2D eigenvalue weighted by Crippen LogP contribution is 2.23. The normalized spacial score (nSPS) is 12.3. The lowest BCUT2D eigenvalue weighted by Gasteiger charge is -2.22. The molecule has 0 unspecified atom stereocenters. The zero-order valence-electron chi connectivity index (χ0n) is 10.3. The van der Waals surface area contributed by atoms with Gasteiger partial charge in [0.25, 0.3) is 0 Å². The van der Waals surface area contributed by atoms with Crippen molar-refractivity contribution in [1.82, 2.24) is 5.32 Å². The van der Waals surface area contributed by atoms with Crippen molar-refractivity contribution >= 4 is 5.91 Å². The number of hydrogen-bond acceptors (Lipinski definition) is 2. The largest absolute Gasteiger partial charge is 0.497 e. The minimum absolute atomic E-state index is 0.00508. The van der Waals surface area contributed by atoms with Crippen LogP contribution in [0.2, 0.25) is 0 Å². The van der Waals surface area contributed by atoms with Crippen LogP contribution in [0.5, 0.6) is 5.75 Å². The summed E-state index contributed by atoms with van der Waals surface area (Å²) in [5, 5.41) is 2.95. The Morgan fingerprint density at radius 3 is 2.19 bits per heavy atom. The van der Waals surface area contributed by atoms with Gasteiger partial charge in [-0.1, -0.05) is 26.0 Å². The first-order valence-corrected chi connectivity index (χ1v) is 5.45. The first-order chi connectivity index (χ1) is 7.54. The molecular formula is C13H19NO2. The van der Waals surface area contributed by atoms with Gasteiger partial charge in [0.05, 0.1) is 13.2 Å². The van der Waals surface area contributed by atoms with E-state index < -0.39 is 0 Å². The van der Waals surface area contributed by atoms with Crippen LogP contribution in [0.25, 0.3) is 0 Å². The third-order valence-corrected chi connectivity index (χ3v) is 2.50. The van der Waals surface area contributed by atoms with Crippen LogP contribution in [-0.2, 0) is 4.79 Å². The number of benzene rings is 1. The van der Waals surface area contributed by atoms with Gasteiger partial charge in [-0.2, -0.15) is 0 Å². The summed E-state index contributed by atoms with van der Waals surface area (Å²) in [6, 6.07) is 7.85. The first-order valence-electron chi connectivity index (χ1n) is 5.45. The van der Waals surface area contributed by atoms with E-state index in [9.17, 15) is 4.79 Å². The fourth-order valence-electron chi connectivity index (χ4n) is 1.67. The molecule has 0 fully saturated rings. The van der Waals surface area contributed by atoms with Crippen LogP contribution >= 0.6 is 0 Å². The SMILES string of the molecule is COc1ccc([C@H](NC(C)=O)C(C)C)cc1. The van der Waals surface area contributed by atoms with Gasteiger partial charge in [0.15, 0.2) is 0 Å². The molecule has 0 bridgehead atoms. The zero-order valence-corrected chi connectivity index (χ0v) is 10.3. The molecule has 1 aromatic carbocycles. The van der Waals surface area contributed by atoms with Crippen LogP contribution in [0.15, 0.2) is 24.3 Å². The molecule has 88 valence electrons. The second-order valence-electron chi connectivity index (χ2n) is 4.20. The van der Waals surface area contributed by atoms with Crippen LogP contribution in [0.1, 0.15) is 32.4 Å². The van der Waals surface area contributed by atoms with E-state index in [0.29, 0.717) is 5.92 Å². The smallest absolute Gasteiger partial charge is 0.217 e. The lowest BCUT2D eigenvalue weighted by Crippen LogP contribution is -2.29. The Bertz CT molecular complexity index is 343. The Morgan fingerprint density at radius 2 is 1.81 bits per heavy atom. The second kappa shape index (κ2) is 5.54. The molecule has 3 heteroatoms. The van der Waals surface area contributed by atoms with Crippen LogP contribution in [0.4, 0.5) is 0 Å². The molecule has 3 nitrogen and oxygen atoms in total. The van der Waals surface area contributed by atoms with Gasteiger partial charge in [0.2, 0.25) is 5.91 Å². The second-order valence-corrected chi connectivity index (χ2v) is 4.20. The molecule has 1 atom stereocenters. The number of carbonyl (C=O) groups is 1. The summed E-state index contributed by atoms with van der Waals surface area (Å²) in [5.41, 5.74) is 1.10. The molecule has 0 spiro atoms. The topological polar surface area (TPSA) is 38.3 Å². The monoisotopic (exact) mass is 221 g/mol. The van der Waals surface area contributed by atoms with Crippen LogP contribution in [0.3, 0.4) is 0 Å². The van der Waals surface area contributed by atoms with E-state index >= 15 is 0 Å². The molecule has 1 aromatic rings. The number of nitrogens with one attached hydrogen (secondary N) is 1. The molecule has 0 aliphatic carbocycles. The summed E-state index contributed by atoms with van der Waals surface area (Å²) in [6.07, 6.45) is 0. The highest BCUT2D eigenvalue weighted by Gasteiger charge is 2.16. The Balaban J connectivity index is 2.88. The quantitative estimate of drug-likeness (QED) is 0.848. The Kier molecular flexibility index (Phi) is 4.35. The molecule has 1 rings (SSSR count). The van der Waals surface area contributed by atoms with Crippen molar-refractivity contribution in [3.63, 3.8) is 0 Å². The standard InChI is InChI=1S/C13H19NO2/c1-9(2)13(14-10(3)15)11-5-7-12(16-4)8-6-11/h5-9,13H,1-4H3,(H,14,15)/t13-/m1/s1. The third kappa shape index (κ3) is 3.26. The summed E-state index contributed by atoms with van der Waals surface area (Å²) in [5.74, 6) is 1.18.